The molecule has 0 spiro atoms. The molecule has 0 aliphatic heterocycles. The summed E-state index contributed by atoms with van der Waals surface area (Å²) in [5.41, 5.74) is 2.43. The Morgan fingerprint density at radius 3 is 2.54 bits per heavy atom. The van der Waals surface area contributed by atoms with E-state index >= 15 is 0 Å². The van der Waals surface area contributed by atoms with E-state index in [-0.39, 0.29) is 23.4 Å². The van der Waals surface area contributed by atoms with Crippen molar-refractivity contribution in [3.8, 4) is 0 Å². The third-order valence-corrected chi connectivity index (χ3v) is 7.08. The fourth-order valence-corrected chi connectivity index (χ4v) is 6.44. The van der Waals surface area contributed by atoms with Gasteiger partial charge in [-0.3, -0.25) is 9.59 Å². The van der Waals surface area contributed by atoms with Crippen molar-refractivity contribution in [2.24, 2.45) is 17.3 Å². The van der Waals surface area contributed by atoms with E-state index in [9.17, 15) is 9.59 Å². The van der Waals surface area contributed by atoms with Gasteiger partial charge in [0.05, 0.1) is 5.41 Å². The number of carbonyl (C=O) groups excluding carboxylic acids is 2. The molecule has 1 amide bonds. The third-order valence-electron chi connectivity index (χ3n) is 6.64. The zero-order valence-corrected chi connectivity index (χ0v) is 16.2. The average Bonchev–Trinajstić information content (AvgIpc) is 2.54. The molecule has 1 aromatic carbocycles. The molecule has 5 rings (SSSR count). The number of esters is 1. The Morgan fingerprint density at radius 2 is 1.88 bits per heavy atom. The molecular formula is C21H26ClNO3. The lowest BCUT2D eigenvalue weighted by molar-refractivity contribution is -0.171. The Kier molecular flexibility index (Phi) is 4.30. The summed E-state index contributed by atoms with van der Waals surface area (Å²) in [4.78, 5) is 24.9. The molecule has 4 atom stereocenters. The molecule has 0 radical (unpaired) electrons. The van der Waals surface area contributed by atoms with Crippen LogP contribution in [0.1, 0.15) is 49.7 Å². The number of nitrogens with one attached hydrogen (secondary N) is 1. The molecule has 4 aliphatic carbocycles. The first-order valence-corrected chi connectivity index (χ1v) is 9.89. The number of hydrogen-bond donors (Lipinski definition) is 1. The second kappa shape index (κ2) is 6.26. The van der Waals surface area contributed by atoms with Crippen molar-refractivity contribution in [3.63, 3.8) is 0 Å². The molecule has 4 saturated carbocycles. The first-order chi connectivity index (χ1) is 12.3. The van der Waals surface area contributed by atoms with Crippen LogP contribution in [-0.4, -0.2) is 23.4 Å². The maximum absolute atomic E-state index is 12.9. The van der Waals surface area contributed by atoms with Crippen LogP contribution in [-0.2, 0) is 14.3 Å². The molecule has 4 fully saturated rings. The van der Waals surface area contributed by atoms with Crippen molar-refractivity contribution in [3.05, 3.63) is 29.3 Å². The first kappa shape index (κ1) is 17.8. The van der Waals surface area contributed by atoms with Crippen LogP contribution in [0.3, 0.4) is 0 Å². The lowest BCUT2D eigenvalue weighted by atomic mass is 9.49. The van der Waals surface area contributed by atoms with Gasteiger partial charge in [-0.2, -0.15) is 0 Å². The molecule has 1 N–H and O–H groups in total. The quantitative estimate of drug-likeness (QED) is 0.628. The largest absolute Gasteiger partial charge is 0.455 e. The zero-order chi connectivity index (χ0) is 18.5. The Bertz CT molecular complexity index is 746. The Labute approximate surface area is 159 Å². The number of rotatable bonds is 4. The lowest BCUT2D eigenvalue weighted by Gasteiger charge is -2.58. The van der Waals surface area contributed by atoms with E-state index in [1.165, 1.54) is 6.42 Å². The summed E-state index contributed by atoms with van der Waals surface area (Å²) in [5, 5.41) is 2.85. The molecule has 140 valence electrons. The van der Waals surface area contributed by atoms with Gasteiger partial charge in [-0.15, -0.1) is 11.6 Å². The van der Waals surface area contributed by atoms with E-state index in [0.717, 1.165) is 42.5 Å². The van der Waals surface area contributed by atoms with Crippen LogP contribution in [0.2, 0.25) is 0 Å². The van der Waals surface area contributed by atoms with Crippen LogP contribution in [0.4, 0.5) is 5.69 Å². The monoisotopic (exact) mass is 375 g/mol. The Balaban J connectivity index is 1.38. The van der Waals surface area contributed by atoms with E-state index in [4.69, 9.17) is 16.3 Å². The number of aryl methyl sites for hydroxylation is 1. The van der Waals surface area contributed by atoms with E-state index in [1.54, 1.807) is 0 Å². The van der Waals surface area contributed by atoms with E-state index < -0.39 is 5.41 Å². The minimum absolute atomic E-state index is 0.229. The molecule has 2 unspecified atom stereocenters. The summed E-state index contributed by atoms with van der Waals surface area (Å²) >= 11 is 6.78. The van der Waals surface area contributed by atoms with Gasteiger partial charge in [-0.25, -0.2) is 0 Å². The van der Waals surface area contributed by atoms with Crippen molar-refractivity contribution in [1.29, 1.82) is 0 Å². The molecule has 0 saturated heterocycles. The molecule has 4 bridgehead atoms. The molecule has 0 heterocycles. The third kappa shape index (κ3) is 3.13. The predicted molar refractivity (Wildman–Crippen MR) is 101 cm³/mol. The smallest absolute Gasteiger partial charge is 0.312 e. The zero-order valence-electron chi connectivity index (χ0n) is 15.4. The number of amides is 1. The van der Waals surface area contributed by atoms with E-state index in [0.29, 0.717) is 18.3 Å². The van der Waals surface area contributed by atoms with Crippen LogP contribution in [0.25, 0.3) is 0 Å². The van der Waals surface area contributed by atoms with Crippen molar-refractivity contribution in [1.82, 2.24) is 0 Å². The molecule has 1 aromatic rings. The van der Waals surface area contributed by atoms with Gasteiger partial charge in [0.1, 0.15) is 0 Å². The van der Waals surface area contributed by atoms with Gasteiger partial charge in [0.25, 0.3) is 5.91 Å². The summed E-state index contributed by atoms with van der Waals surface area (Å²) < 4.78 is 5.47. The highest BCUT2D eigenvalue weighted by molar-refractivity contribution is 6.24. The molecule has 4 aliphatic rings. The summed E-state index contributed by atoms with van der Waals surface area (Å²) in [7, 11) is 0. The van der Waals surface area contributed by atoms with E-state index in [1.807, 2.05) is 32.0 Å². The number of carbonyl (C=O) groups is 2. The van der Waals surface area contributed by atoms with Crippen LogP contribution in [0.15, 0.2) is 18.2 Å². The maximum atomic E-state index is 12.9. The van der Waals surface area contributed by atoms with E-state index in [2.05, 4.69) is 5.32 Å². The fraction of sp³-hybridized carbons (Fsp3) is 0.619. The summed E-state index contributed by atoms with van der Waals surface area (Å²) in [5.74, 6) is 0.542. The molecule has 5 heteroatoms. The van der Waals surface area contributed by atoms with Crippen LogP contribution >= 0.6 is 11.6 Å². The number of anilines is 1. The van der Waals surface area contributed by atoms with Crippen molar-refractivity contribution < 1.29 is 14.3 Å². The minimum atomic E-state index is -0.467. The van der Waals surface area contributed by atoms with Crippen LogP contribution in [0.5, 0.6) is 0 Å². The van der Waals surface area contributed by atoms with Crippen molar-refractivity contribution >= 4 is 29.2 Å². The van der Waals surface area contributed by atoms with Crippen LogP contribution in [0, 0.1) is 31.1 Å². The molecule has 26 heavy (non-hydrogen) atoms. The van der Waals surface area contributed by atoms with Gasteiger partial charge in [-0.05, 0) is 81.4 Å². The average molecular weight is 376 g/mol. The number of benzene rings is 1. The predicted octanol–water partition coefficient (Wildman–Crippen LogP) is 4.36. The van der Waals surface area contributed by atoms with Gasteiger partial charge in [0, 0.05) is 10.6 Å². The highest BCUT2D eigenvalue weighted by Gasteiger charge is 2.60. The summed E-state index contributed by atoms with van der Waals surface area (Å²) in [6.07, 6.45) is 5.67. The SMILES string of the molecule is Cc1cccc(NC(=O)COC(=O)C23C[C@@H]4C[C@@H](CC(Cl)(C4)C2)C3)c1C. The standard InChI is InChI=1S/C21H26ClNO3/c1-13-4-3-5-17(14(13)2)23-18(24)11-26-19(25)20-7-15-6-16(8-20)10-21(22,9-15)12-20/h3-5,15-16H,6-12H2,1-2H3,(H,23,24)/t15-,16+,20?,21?. The van der Waals surface area contributed by atoms with Gasteiger partial charge in [0.2, 0.25) is 0 Å². The van der Waals surface area contributed by atoms with Gasteiger partial charge < -0.3 is 10.1 Å². The molecule has 4 nitrogen and oxygen atoms in total. The first-order valence-electron chi connectivity index (χ1n) is 9.51. The highest BCUT2D eigenvalue weighted by Crippen LogP contribution is 2.64. The normalized spacial score (nSPS) is 34.6. The number of ether oxygens (including phenoxy) is 1. The van der Waals surface area contributed by atoms with Crippen molar-refractivity contribution in [2.75, 3.05) is 11.9 Å². The summed E-state index contributed by atoms with van der Waals surface area (Å²) in [6.45, 7) is 3.73. The minimum Gasteiger partial charge on any atom is -0.455 e. The second-order valence-corrected chi connectivity index (χ2v) is 9.57. The molecular weight excluding hydrogens is 350 g/mol. The number of halogens is 1. The summed E-state index contributed by atoms with van der Waals surface area (Å²) in [6, 6.07) is 5.76. The van der Waals surface area contributed by atoms with Crippen molar-refractivity contribution in [2.45, 2.75) is 57.2 Å². The number of hydrogen-bond acceptors (Lipinski definition) is 3. The second-order valence-electron chi connectivity index (χ2n) is 8.76. The van der Waals surface area contributed by atoms with Gasteiger partial charge in [0.15, 0.2) is 6.61 Å². The molecule has 0 aromatic heterocycles. The Hall–Kier alpha value is -1.55. The Morgan fingerprint density at radius 1 is 1.19 bits per heavy atom. The van der Waals surface area contributed by atoms with Crippen LogP contribution < -0.4 is 5.32 Å². The van der Waals surface area contributed by atoms with Gasteiger partial charge >= 0.3 is 5.97 Å². The fourth-order valence-electron chi connectivity index (χ4n) is 5.75. The maximum Gasteiger partial charge on any atom is 0.312 e. The number of alkyl halides is 1. The topological polar surface area (TPSA) is 55.4 Å². The lowest BCUT2D eigenvalue weighted by Crippen LogP contribution is -2.56. The highest BCUT2D eigenvalue weighted by atomic mass is 35.5. The van der Waals surface area contributed by atoms with Gasteiger partial charge in [-0.1, -0.05) is 12.1 Å².